The molecule has 1 aromatic rings. The fourth-order valence-electron chi connectivity index (χ4n) is 2.20. The van der Waals surface area contributed by atoms with E-state index in [0.29, 0.717) is 11.1 Å². The smallest absolute Gasteiger partial charge is 0.0547 e. The van der Waals surface area contributed by atoms with Gasteiger partial charge < -0.3 is 16.0 Å². The molecule has 1 aliphatic rings. The predicted molar refractivity (Wildman–Crippen MR) is 72.0 cm³/mol. The molecule has 2 rings (SSSR count). The highest BCUT2D eigenvalue weighted by Gasteiger charge is 2.28. The zero-order valence-electron chi connectivity index (χ0n) is 10.7. The van der Waals surface area contributed by atoms with Crippen LogP contribution in [0.2, 0.25) is 0 Å². The van der Waals surface area contributed by atoms with Crippen LogP contribution >= 0.6 is 0 Å². The number of nitrogens with two attached hydrogens (primary N) is 1. The quantitative estimate of drug-likeness (QED) is 0.837. The summed E-state index contributed by atoms with van der Waals surface area (Å²) in [5.74, 6) is 0. The van der Waals surface area contributed by atoms with Gasteiger partial charge in [-0.2, -0.15) is 0 Å². The molecule has 0 saturated carbocycles. The van der Waals surface area contributed by atoms with E-state index < -0.39 is 0 Å². The van der Waals surface area contributed by atoms with Gasteiger partial charge in [-0.25, -0.2) is 0 Å². The second kappa shape index (κ2) is 4.92. The van der Waals surface area contributed by atoms with Crippen molar-refractivity contribution in [3.8, 4) is 0 Å². The monoisotopic (exact) mass is 234 g/mol. The summed E-state index contributed by atoms with van der Waals surface area (Å²) >= 11 is 0. The van der Waals surface area contributed by atoms with E-state index in [9.17, 15) is 0 Å². The number of likely N-dealkylation sites (tertiary alicyclic amines) is 1. The Morgan fingerprint density at radius 2 is 2.12 bits per heavy atom. The van der Waals surface area contributed by atoms with E-state index in [1.807, 2.05) is 12.3 Å². The van der Waals surface area contributed by atoms with Gasteiger partial charge in [0.1, 0.15) is 0 Å². The standard InChI is InChI=1S/C13H22N4/c1-13(3-5-17(2)6-4-13)10-16-12-7-11(14)8-15-9-12/h7-9,16H,3-6,10,14H2,1-2H3. The van der Waals surface area contributed by atoms with E-state index in [1.54, 1.807) is 6.20 Å². The average molecular weight is 234 g/mol. The summed E-state index contributed by atoms with van der Waals surface area (Å²) < 4.78 is 0. The molecule has 4 nitrogen and oxygen atoms in total. The molecule has 0 bridgehead atoms. The number of hydrogen-bond donors (Lipinski definition) is 2. The minimum Gasteiger partial charge on any atom is -0.397 e. The topological polar surface area (TPSA) is 54.2 Å². The third-order valence-electron chi connectivity index (χ3n) is 3.67. The number of rotatable bonds is 3. The van der Waals surface area contributed by atoms with Crippen LogP contribution in [0.15, 0.2) is 18.5 Å². The molecule has 1 aromatic heterocycles. The third-order valence-corrected chi connectivity index (χ3v) is 3.67. The number of nitrogen functional groups attached to an aromatic ring is 1. The lowest BCUT2D eigenvalue weighted by Crippen LogP contribution is -2.40. The first-order valence-corrected chi connectivity index (χ1v) is 6.20. The third kappa shape index (κ3) is 3.33. The maximum atomic E-state index is 5.71. The van der Waals surface area contributed by atoms with Gasteiger partial charge in [-0.05, 0) is 44.5 Å². The van der Waals surface area contributed by atoms with Crippen LogP contribution in [0.5, 0.6) is 0 Å². The number of nitrogens with one attached hydrogen (secondary N) is 1. The second-order valence-electron chi connectivity index (χ2n) is 5.47. The van der Waals surface area contributed by atoms with Crippen molar-refractivity contribution in [3.05, 3.63) is 18.5 Å². The molecule has 17 heavy (non-hydrogen) atoms. The lowest BCUT2D eigenvalue weighted by Gasteiger charge is -2.38. The van der Waals surface area contributed by atoms with Crippen LogP contribution in [0.4, 0.5) is 11.4 Å². The van der Waals surface area contributed by atoms with E-state index >= 15 is 0 Å². The van der Waals surface area contributed by atoms with Crippen LogP contribution in [-0.4, -0.2) is 36.6 Å². The Morgan fingerprint density at radius 1 is 1.41 bits per heavy atom. The molecule has 0 atom stereocenters. The van der Waals surface area contributed by atoms with Gasteiger partial charge in [-0.1, -0.05) is 6.92 Å². The maximum Gasteiger partial charge on any atom is 0.0547 e. The molecule has 0 aromatic carbocycles. The average Bonchev–Trinajstić information content (AvgIpc) is 2.31. The predicted octanol–water partition coefficient (Wildman–Crippen LogP) is 1.81. The minimum atomic E-state index is 0.386. The molecule has 3 N–H and O–H groups in total. The Morgan fingerprint density at radius 3 is 2.76 bits per heavy atom. The van der Waals surface area contributed by atoms with Crippen LogP contribution < -0.4 is 11.1 Å². The van der Waals surface area contributed by atoms with E-state index in [4.69, 9.17) is 5.73 Å². The molecular formula is C13H22N4. The van der Waals surface area contributed by atoms with Crippen molar-refractivity contribution in [2.45, 2.75) is 19.8 Å². The van der Waals surface area contributed by atoms with Gasteiger partial charge in [-0.3, -0.25) is 4.98 Å². The number of piperidine rings is 1. The summed E-state index contributed by atoms with van der Waals surface area (Å²) in [6, 6.07) is 1.94. The zero-order valence-corrected chi connectivity index (χ0v) is 10.7. The molecule has 1 fully saturated rings. The SMILES string of the molecule is CN1CCC(C)(CNc2cncc(N)c2)CC1. The number of aromatic nitrogens is 1. The first kappa shape index (κ1) is 12.2. The van der Waals surface area contributed by atoms with E-state index in [2.05, 4.69) is 29.2 Å². The normalized spacial score (nSPS) is 20.1. The van der Waals surface area contributed by atoms with Crippen molar-refractivity contribution >= 4 is 11.4 Å². The van der Waals surface area contributed by atoms with Crippen molar-refractivity contribution in [2.24, 2.45) is 5.41 Å². The molecule has 94 valence electrons. The molecule has 0 amide bonds. The first-order valence-electron chi connectivity index (χ1n) is 6.20. The lowest BCUT2D eigenvalue weighted by molar-refractivity contribution is 0.150. The van der Waals surface area contributed by atoms with Crippen molar-refractivity contribution in [1.29, 1.82) is 0 Å². The largest absolute Gasteiger partial charge is 0.397 e. The fourth-order valence-corrected chi connectivity index (χ4v) is 2.20. The number of pyridine rings is 1. The van der Waals surface area contributed by atoms with Gasteiger partial charge in [-0.15, -0.1) is 0 Å². The molecule has 4 heteroatoms. The van der Waals surface area contributed by atoms with Crippen LogP contribution in [0, 0.1) is 5.41 Å². The lowest BCUT2D eigenvalue weighted by atomic mass is 9.80. The van der Waals surface area contributed by atoms with Crippen molar-refractivity contribution in [1.82, 2.24) is 9.88 Å². The first-order chi connectivity index (χ1) is 8.07. The summed E-state index contributed by atoms with van der Waals surface area (Å²) in [5, 5.41) is 3.45. The highest BCUT2D eigenvalue weighted by Crippen LogP contribution is 2.30. The van der Waals surface area contributed by atoms with E-state index in [-0.39, 0.29) is 0 Å². The van der Waals surface area contributed by atoms with Gasteiger partial charge in [0.05, 0.1) is 17.6 Å². The summed E-state index contributed by atoms with van der Waals surface area (Å²) in [5.41, 5.74) is 7.83. The Kier molecular flexibility index (Phi) is 3.52. The highest BCUT2D eigenvalue weighted by atomic mass is 15.1. The Labute approximate surface area is 103 Å². The highest BCUT2D eigenvalue weighted by molar-refractivity contribution is 5.51. The van der Waals surface area contributed by atoms with Crippen LogP contribution in [0.1, 0.15) is 19.8 Å². The number of nitrogens with zero attached hydrogens (tertiary/aromatic N) is 2. The summed E-state index contributed by atoms with van der Waals surface area (Å²) in [7, 11) is 2.19. The molecule has 1 saturated heterocycles. The zero-order chi connectivity index (χ0) is 12.3. The minimum absolute atomic E-state index is 0.386. The van der Waals surface area contributed by atoms with Gasteiger partial charge in [0.15, 0.2) is 0 Å². The number of hydrogen-bond acceptors (Lipinski definition) is 4. The molecule has 0 aliphatic carbocycles. The molecule has 0 unspecified atom stereocenters. The van der Waals surface area contributed by atoms with Gasteiger partial charge in [0, 0.05) is 12.7 Å². The van der Waals surface area contributed by atoms with Gasteiger partial charge in [0.2, 0.25) is 0 Å². The van der Waals surface area contributed by atoms with Crippen molar-refractivity contribution < 1.29 is 0 Å². The van der Waals surface area contributed by atoms with Crippen molar-refractivity contribution in [3.63, 3.8) is 0 Å². The molecule has 0 spiro atoms. The van der Waals surface area contributed by atoms with Crippen LogP contribution in [0.3, 0.4) is 0 Å². The summed E-state index contributed by atoms with van der Waals surface area (Å²) in [6.07, 6.45) is 5.98. The van der Waals surface area contributed by atoms with Gasteiger partial charge in [0.25, 0.3) is 0 Å². The van der Waals surface area contributed by atoms with E-state index in [0.717, 1.165) is 12.2 Å². The summed E-state index contributed by atoms with van der Waals surface area (Å²) in [6.45, 7) is 5.72. The van der Waals surface area contributed by atoms with Crippen molar-refractivity contribution in [2.75, 3.05) is 37.7 Å². The van der Waals surface area contributed by atoms with Crippen LogP contribution in [-0.2, 0) is 0 Å². The Bertz CT molecular complexity index is 369. The number of anilines is 2. The Balaban J connectivity index is 1.89. The molecular weight excluding hydrogens is 212 g/mol. The molecule has 0 radical (unpaired) electrons. The van der Waals surface area contributed by atoms with Gasteiger partial charge >= 0.3 is 0 Å². The summed E-state index contributed by atoms with van der Waals surface area (Å²) in [4.78, 5) is 6.48. The Hall–Kier alpha value is -1.29. The maximum absolute atomic E-state index is 5.71. The van der Waals surface area contributed by atoms with E-state index in [1.165, 1.54) is 25.9 Å². The second-order valence-corrected chi connectivity index (χ2v) is 5.47. The fraction of sp³-hybridized carbons (Fsp3) is 0.615. The molecule has 1 aliphatic heterocycles. The molecule has 2 heterocycles. The van der Waals surface area contributed by atoms with Crippen LogP contribution in [0.25, 0.3) is 0 Å².